The third kappa shape index (κ3) is 3.44. The van der Waals surface area contributed by atoms with Crippen molar-refractivity contribution in [3.63, 3.8) is 0 Å². The molecule has 0 radical (unpaired) electrons. The van der Waals surface area contributed by atoms with Crippen LogP contribution in [0.1, 0.15) is 30.7 Å². The smallest absolute Gasteiger partial charge is 0.0246 e. The van der Waals surface area contributed by atoms with Gasteiger partial charge in [-0.2, -0.15) is 0 Å². The zero-order chi connectivity index (χ0) is 11.5. The molecule has 17 heavy (non-hydrogen) atoms. The van der Waals surface area contributed by atoms with Gasteiger partial charge >= 0.3 is 0 Å². The maximum absolute atomic E-state index is 6.18. The summed E-state index contributed by atoms with van der Waals surface area (Å²) < 4.78 is 0. The van der Waals surface area contributed by atoms with Gasteiger partial charge in [-0.25, -0.2) is 0 Å². The van der Waals surface area contributed by atoms with Crippen molar-refractivity contribution < 1.29 is 0 Å². The fourth-order valence-corrected chi connectivity index (χ4v) is 2.79. The van der Waals surface area contributed by atoms with Crippen LogP contribution in [0.5, 0.6) is 0 Å². The number of nitrogens with zero attached hydrogens (tertiary/aromatic N) is 1. The molecule has 1 aliphatic carbocycles. The highest BCUT2D eigenvalue weighted by Crippen LogP contribution is 2.33. The van der Waals surface area contributed by atoms with E-state index in [2.05, 4.69) is 49.3 Å². The Kier molecular flexibility index (Phi) is 5.44. The SMILES string of the molecule is CN(C)C1CC(c2ccccc2)CCC1N.Cl. The fraction of sp³-hybridized carbons (Fsp3) is 0.571. The van der Waals surface area contributed by atoms with E-state index in [1.807, 2.05) is 0 Å². The molecule has 1 fully saturated rings. The van der Waals surface area contributed by atoms with Crippen LogP contribution in [-0.4, -0.2) is 31.1 Å². The summed E-state index contributed by atoms with van der Waals surface area (Å²) in [5, 5.41) is 0. The zero-order valence-electron chi connectivity index (χ0n) is 10.7. The molecule has 1 aliphatic rings. The first-order valence-electron chi connectivity index (χ1n) is 6.15. The number of likely N-dealkylation sites (N-methyl/N-ethyl adjacent to an activating group) is 1. The summed E-state index contributed by atoms with van der Waals surface area (Å²) in [6, 6.07) is 11.7. The molecule has 3 heteroatoms. The first-order valence-corrected chi connectivity index (χ1v) is 6.15. The molecule has 0 bridgehead atoms. The second-order valence-electron chi connectivity index (χ2n) is 5.12. The van der Waals surface area contributed by atoms with Crippen molar-refractivity contribution in [2.75, 3.05) is 14.1 Å². The monoisotopic (exact) mass is 254 g/mol. The second-order valence-corrected chi connectivity index (χ2v) is 5.12. The van der Waals surface area contributed by atoms with E-state index in [1.54, 1.807) is 0 Å². The molecule has 0 aliphatic heterocycles. The van der Waals surface area contributed by atoms with Crippen LogP contribution in [0.15, 0.2) is 30.3 Å². The van der Waals surface area contributed by atoms with Crippen molar-refractivity contribution in [3.05, 3.63) is 35.9 Å². The third-order valence-electron chi connectivity index (χ3n) is 3.80. The Labute approximate surface area is 111 Å². The molecule has 1 aromatic rings. The van der Waals surface area contributed by atoms with Gasteiger partial charge in [0.2, 0.25) is 0 Å². The van der Waals surface area contributed by atoms with Gasteiger partial charge < -0.3 is 10.6 Å². The lowest BCUT2D eigenvalue weighted by Crippen LogP contribution is -2.47. The highest BCUT2D eigenvalue weighted by atomic mass is 35.5. The van der Waals surface area contributed by atoms with E-state index in [0.717, 1.165) is 6.42 Å². The molecular weight excluding hydrogens is 232 g/mol. The van der Waals surface area contributed by atoms with Gasteiger partial charge in [0.15, 0.2) is 0 Å². The van der Waals surface area contributed by atoms with E-state index in [1.165, 1.54) is 18.4 Å². The van der Waals surface area contributed by atoms with E-state index in [0.29, 0.717) is 18.0 Å². The van der Waals surface area contributed by atoms with E-state index in [9.17, 15) is 0 Å². The van der Waals surface area contributed by atoms with E-state index < -0.39 is 0 Å². The molecule has 1 saturated carbocycles. The van der Waals surface area contributed by atoms with E-state index >= 15 is 0 Å². The first kappa shape index (κ1) is 14.5. The first-order chi connectivity index (χ1) is 7.68. The summed E-state index contributed by atoms with van der Waals surface area (Å²) in [7, 11) is 4.27. The average Bonchev–Trinajstić information content (AvgIpc) is 2.30. The maximum Gasteiger partial charge on any atom is 0.0246 e. The summed E-state index contributed by atoms with van der Waals surface area (Å²) in [6.07, 6.45) is 3.57. The molecule has 0 saturated heterocycles. The van der Waals surface area contributed by atoms with Crippen molar-refractivity contribution in [1.29, 1.82) is 0 Å². The Morgan fingerprint density at radius 2 is 1.76 bits per heavy atom. The van der Waals surface area contributed by atoms with Crippen LogP contribution >= 0.6 is 12.4 Å². The van der Waals surface area contributed by atoms with Crippen molar-refractivity contribution in [2.24, 2.45) is 5.73 Å². The summed E-state index contributed by atoms with van der Waals surface area (Å²) in [5.41, 5.74) is 7.65. The zero-order valence-corrected chi connectivity index (χ0v) is 11.5. The fourth-order valence-electron chi connectivity index (χ4n) is 2.79. The number of benzene rings is 1. The molecule has 0 aromatic heterocycles. The van der Waals surface area contributed by atoms with Crippen LogP contribution in [0.4, 0.5) is 0 Å². The molecule has 2 rings (SSSR count). The molecule has 3 atom stereocenters. The van der Waals surface area contributed by atoms with Crippen LogP contribution < -0.4 is 5.73 Å². The lowest BCUT2D eigenvalue weighted by atomic mass is 9.78. The second kappa shape index (κ2) is 6.39. The van der Waals surface area contributed by atoms with Gasteiger partial charge in [-0.05, 0) is 44.8 Å². The van der Waals surface area contributed by atoms with Crippen LogP contribution in [0.2, 0.25) is 0 Å². The van der Waals surface area contributed by atoms with Gasteiger partial charge in [0.05, 0.1) is 0 Å². The van der Waals surface area contributed by atoms with Gasteiger partial charge in [0.1, 0.15) is 0 Å². The largest absolute Gasteiger partial charge is 0.326 e. The highest BCUT2D eigenvalue weighted by Gasteiger charge is 2.29. The third-order valence-corrected chi connectivity index (χ3v) is 3.80. The molecule has 0 spiro atoms. The summed E-state index contributed by atoms with van der Waals surface area (Å²) >= 11 is 0. The van der Waals surface area contributed by atoms with Crippen molar-refractivity contribution in [1.82, 2.24) is 4.90 Å². The molecule has 2 N–H and O–H groups in total. The maximum atomic E-state index is 6.18. The predicted octanol–water partition coefficient (Wildman–Crippen LogP) is 2.63. The number of rotatable bonds is 2. The standard InChI is InChI=1S/C14H22N2.ClH/c1-16(2)14-10-12(8-9-13(14)15)11-6-4-3-5-7-11;/h3-7,12-14H,8-10,15H2,1-2H3;1H. The summed E-state index contributed by atoms with van der Waals surface area (Å²) in [5.74, 6) is 0.688. The van der Waals surface area contributed by atoms with Crippen LogP contribution in [0, 0.1) is 0 Å². The molecule has 1 aromatic carbocycles. The molecule has 0 amide bonds. The number of hydrogen-bond acceptors (Lipinski definition) is 2. The number of hydrogen-bond donors (Lipinski definition) is 1. The summed E-state index contributed by atoms with van der Waals surface area (Å²) in [4.78, 5) is 2.28. The van der Waals surface area contributed by atoms with Gasteiger partial charge in [-0.1, -0.05) is 30.3 Å². The van der Waals surface area contributed by atoms with Crippen molar-refractivity contribution >= 4 is 12.4 Å². The molecule has 3 unspecified atom stereocenters. The molecule has 96 valence electrons. The van der Waals surface area contributed by atoms with E-state index in [-0.39, 0.29) is 12.4 Å². The van der Waals surface area contributed by atoms with Crippen molar-refractivity contribution in [2.45, 2.75) is 37.3 Å². The Balaban J connectivity index is 0.00000144. The summed E-state index contributed by atoms with van der Waals surface area (Å²) in [6.45, 7) is 0. The number of halogens is 1. The van der Waals surface area contributed by atoms with Crippen LogP contribution in [0.3, 0.4) is 0 Å². The minimum atomic E-state index is 0. The molecule has 2 nitrogen and oxygen atoms in total. The Morgan fingerprint density at radius 1 is 1.12 bits per heavy atom. The van der Waals surface area contributed by atoms with Gasteiger partial charge in [-0.3, -0.25) is 0 Å². The lowest BCUT2D eigenvalue weighted by Gasteiger charge is -2.38. The average molecular weight is 255 g/mol. The lowest BCUT2D eigenvalue weighted by molar-refractivity contribution is 0.186. The quantitative estimate of drug-likeness (QED) is 0.879. The minimum absolute atomic E-state index is 0. The molecular formula is C14H23ClN2. The van der Waals surface area contributed by atoms with E-state index in [4.69, 9.17) is 5.73 Å². The molecule has 0 heterocycles. The Bertz CT molecular complexity index is 326. The van der Waals surface area contributed by atoms with Crippen molar-refractivity contribution in [3.8, 4) is 0 Å². The number of nitrogens with two attached hydrogens (primary N) is 1. The topological polar surface area (TPSA) is 29.3 Å². The van der Waals surface area contributed by atoms with Gasteiger partial charge in [0.25, 0.3) is 0 Å². The van der Waals surface area contributed by atoms with Gasteiger partial charge in [0, 0.05) is 12.1 Å². The van der Waals surface area contributed by atoms with Crippen LogP contribution in [0.25, 0.3) is 0 Å². The predicted molar refractivity (Wildman–Crippen MR) is 75.7 cm³/mol. The highest BCUT2D eigenvalue weighted by molar-refractivity contribution is 5.85. The Morgan fingerprint density at radius 3 is 2.35 bits per heavy atom. The van der Waals surface area contributed by atoms with Gasteiger partial charge in [-0.15, -0.1) is 12.4 Å². The van der Waals surface area contributed by atoms with Crippen LogP contribution in [-0.2, 0) is 0 Å². The normalized spacial score (nSPS) is 28.8. The minimum Gasteiger partial charge on any atom is -0.326 e. The Hall–Kier alpha value is -0.570.